The molecule has 2 unspecified atom stereocenters. The third-order valence-corrected chi connectivity index (χ3v) is 4.69. The fraction of sp³-hybridized carbons (Fsp3) is 0.684. The summed E-state index contributed by atoms with van der Waals surface area (Å²) >= 11 is 4.86. The molecule has 0 aliphatic carbocycles. The van der Waals surface area contributed by atoms with Crippen molar-refractivity contribution in [1.82, 2.24) is 4.90 Å². The summed E-state index contributed by atoms with van der Waals surface area (Å²) in [7, 11) is 0. The first-order chi connectivity index (χ1) is 10.7. The Morgan fingerprint density at radius 2 is 1.73 bits per heavy atom. The monoisotopic (exact) mass is 323 g/mol. The standard InChI is InChI=1S/C19H33NOS/c1-4-7-9-14-18(21-16-20(5-2)6-3)19(22)15-17-12-10-8-11-13-17/h8,10-13,18-19,22H,4-7,9,14-16H2,1-3H3. The summed E-state index contributed by atoms with van der Waals surface area (Å²) in [4.78, 5) is 2.32. The van der Waals surface area contributed by atoms with E-state index in [0.717, 1.165) is 32.7 Å². The van der Waals surface area contributed by atoms with Gasteiger partial charge in [0.05, 0.1) is 12.8 Å². The minimum absolute atomic E-state index is 0.232. The van der Waals surface area contributed by atoms with Gasteiger partial charge in [0, 0.05) is 5.25 Å². The molecule has 3 heteroatoms. The molecule has 0 fully saturated rings. The Balaban J connectivity index is 2.54. The van der Waals surface area contributed by atoms with Crippen LogP contribution in [0.3, 0.4) is 0 Å². The van der Waals surface area contributed by atoms with Crippen molar-refractivity contribution < 1.29 is 4.74 Å². The third kappa shape index (κ3) is 7.66. The SMILES string of the molecule is CCCCCC(OCN(CC)CC)C(S)Cc1ccccc1. The molecule has 0 saturated heterocycles. The number of ether oxygens (including phenoxy) is 1. The van der Waals surface area contributed by atoms with E-state index in [1.165, 1.54) is 24.8 Å². The van der Waals surface area contributed by atoms with Crippen LogP contribution in [0.2, 0.25) is 0 Å². The van der Waals surface area contributed by atoms with Crippen molar-refractivity contribution in [2.45, 2.75) is 64.2 Å². The van der Waals surface area contributed by atoms with E-state index in [0.29, 0.717) is 0 Å². The molecule has 1 rings (SSSR count). The molecule has 0 aromatic heterocycles. The molecule has 126 valence electrons. The average molecular weight is 324 g/mol. The molecule has 0 spiro atoms. The largest absolute Gasteiger partial charge is 0.362 e. The van der Waals surface area contributed by atoms with Gasteiger partial charge in [0.15, 0.2) is 0 Å². The van der Waals surface area contributed by atoms with Crippen molar-refractivity contribution in [2.75, 3.05) is 19.8 Å². The number of hydrogen-bond donors (Lipinski definition) is 1. The molecule has 0 bridgehead atoms. The number of benzene rings is 1. The minimum atomic E-state index is 0.232. The second-order valence-corrected chi connectivity index (χ2v) is 6.55. The molecule has 0 aliphatic rings. The lowest BCUT2D eigenvalue weighted by atomic mass is 10.0. The maximum absolute atomic E-state index is 6.22. The molecule has 0 amide bonds. The second-order valence-electron chi connectivity index (χ2n) is 5.89. The van der Waals surface area contributed by atoms with Crippen molar-refractivity contribution in [3.8, 4) is 0 Å². The van der Waals surface area contributed by atoms with Crippen molar-refractivity contribution in [3.05, 3.63) is 35.9 Å². The second kappa shape index (κ2) is 12.0. The Bertz CT molecular complexity index is 367. The maximum Gasteiger partial charge on any atom is 0.0994 e. The van der Waals surface area contributed by atoms with Crippen LogP contribution in [-0.4, -0.2) is 36.1 Å². The number of rotatable bonds is 12. The highest BCUT2D eigenvalue weighted by atomic mass is 32.1. The number of nitrogens with zero attached hydrogens (tertiary/aromatic N) is 1. The Kier molecular flexibility index (Phi) is 10.6. The average Bonchev–Trinajstić information content (AvgIpc) is 2.55. The quantitative estimate of drug-likeness (QED) is 0.337. The molecule has 2 nitrogen and oxygen atoms in total. The number of unbranched alkanes of at least 4 members (excludes halogenated alkanes) is 2. The predicted molar refractivity (Wildman–Crippen MR) is 99.7 cm³/mol. The van der Waals surface area contributed by atoms with Gasteiger partial charge in [-0.15, -0.1) is 0 Å². The predicted octanol–water partition coefficient (Wildman–Crippen LogP) is 4.79. The molecular formula is C19H33NOS. The van der Waals surface area contributed by atoms with Crippen LogP contribution in [0.15, 0.2) is 30.3 Å². The lowest BCUT2D eigenvalue weighted by molar-refractivity contribution is -0.0237. The van der Waals surface area contributed by atoms with Crippen LogP contribution in [0.4, 0.5) is 0 Å². The van der Waals surface area contributed by atoms with Gasteiger partial charge in [-0.1, -0.05) is 70.4 Å². The highest BCUT2D eigenvalue weighted by molar-refractivity contribution is 7.81. The van der Waals surface area contributed by atoms with Gasteiger partial charge < -0.3 is 4.74 Å². The molecule has 0 heterocycles. The molecular weight excluding hydrogens is 290 g/mol. The minimum Gasteiger partial charge on any atom is -0.362 e. The van der Waals surface area contributed by atoms with E-state index in [9.17, 15) is 0 Å². The first-order valence-corrected chi connectivity index (χ1v) is 9.28. The molecule has 22 heavy (non-hydrogen) atoms. The summed E-state index contributed by atoms with van der Waals surface area (Å²) in [6, 6.07) is 10.6. The van der Waals surface area contributed by atoms with Crippen LogP contribution in [0.25, 0.3) is 0 Å². The van der Waals surface area contributed by atoms with E-state index in [1.54, 1.807) is 0 Å². The van der Waals surface area contributed by atoms with Gasteiger partial charge in [0.1, 0.15) is 0 Å². The van der Waals surface area contributed by atoms with Gasteiger partial charge in [0.25, 0.3) is 0 Å². The zero-order chi connectivity index (χ0) is 16.2. The molecule has 1 aromatic carbocycles. The molecule has 1 aromatic rings. The Labute approximate surface area is 142 Å². The topological polar surface area (TPSA) is 12.5 Å². The Morgan fingerprint density at radius 3 is 2.32 bits per heavy atom. The maximum atomic E-state index is 6.22. The van der Waals surface area contributed by atoms with Crippen molar-refractivity contribution >= 4 is 12.6 Å². The highest BCUT2D eigenvalue weighted by Crippen LogP contribution is 2.19. The summed E-state index contributed by atoms with van der Waals surface area (Å²) in [5.41, 5.74) is 1.34. The summed E-state index contributed by atoms with van der Waals surface area (Å²) in [6.45, 7) is 9.40. The van der Waals surface area contributed by atoms with Crippen LogP contribution in [-0.2, 0) is 11.2 Å². The van der Waals surface area contributed by atoms with Gasteiger partial charge in [-0.25, -0.2) is 0 Å². The summed E-state index contributed by atoms with van der Waals surface area (Å²) in [5, 5.41) is 0.259. The van der Waals surface area contributed by atoms with E-state index in [2.05, 4.69) is 56.0 Å². The Morgan fingerprint density at radius 1 is 1.05 bits per heavy atom. The highest BCUT2D eigenvalue weighted by Gasteiger charge is 2.19. The summed E-state index contributed by atoms with van der Waals surface area (Å²) in [6.07, 6.45) is 6.06. The molecule has 0 saturated carbocycles. The lowest BCUT2D eigenvalue weighted by Gasteiger charge is -2.27. The van der Waals surface area contributed by atoms with Gasteiger partial charge in [-0.2, -0.15) is 12.6 Å². The third-order valence-electron chi connectivity index (χ3n) is 4.17. The smallest absolute Gasteiger partial charge is 0.0994 e. The van der Waals surface area contributed by atoms with Crippen LogP contribution in [0.1, 0.15) is 52.0 Å². The van der Waals surface area contributed by atoms with E-state index in [-0.39, 0.29) is 11.4 Å². The molecule has 2 atom stereocenters. The van der Waals surface area contributed by atoms with Gasteiger partial charge in [0.2, 0.25) is 0 Å². The number of hydrogen-bond acceptors (Lipinski definition) is 3. The van der Waals surface area contributed by atoms with Crippen LogP contribution >= 0.6 is 12.6 Å². The van der Waals surface area contributed by atoms with E-state index < -0.39 is 0 Å². The van der Waals surface area contributed by atoms with E-state index >= 15 is 0 Å². The number of thiol groups is 1. The molecule has 0 aliphatic heterocycles. The van der Waals surface area contributed by atoms with Crippen LogP contribution in [0.5, 0.6) is 0 Å². The summed E-state index contributed by atoms with van der Waals surface area (Å²) < 4.78 is 6.22. The zero-order valence-corrected chi connectivity index (χ0v) is 15.4. The fourth-order valence-electron chi connectivity index (χ4n) is 2.58. The zero-order valence-electron chi connectivity index (χ0n) is 14.5. The van der Waals surface area contributed by atoms with Gasteiger partial charge in [-0.3, -0.25) is 4.90 Å². The first kappa shape index (κ1) is 19.5. The van der Waals surface area contributed by atoms with E-state index in [4.69, 9.17) is 17.4 Å². The Hall–Kier alpha value is -0.510. The van der Waals surface area contributed by atoms with Crippen LogP contribution < -0.4 is 0 Å². The lowest BCUT2D eigenvalue weighted by Crippen LogP contribution is -2.34. The van der Waals surface area contributed by atoms with E-state index in [1.807, 2.05) is 0 Å². The normalized spacial score (nSPS) is 14.2. The van der Waals surface area contributed by atoms with Crippen molar-refractivity contribution in [2.24, 2.45) is 0 Å². The first-order valence-electron chi connectivity index (χ1n) is 8.77. The van der Waals surface area contributed by atoms with Crippen LogP contribution in [0, 0.1) is 0 Å². The van der Waals surface area contributed by atoms with Gasteiger partial charge >= 0.3 is 0 Å². The summed E-state index contributed by atoms with van der Waals surface area (Å²) in [5.74, 6) is 0. The molecule has 0 N–H and O–H groups in total. The van der Waals surface area contributed by atoms with Crippen molar-refractivity contribution in [3.63, 3.8) is 0 Å². The fourth-order valence-corrected chi connectivity index (χ4v) is 3.02. The van der Waals surface area contributed by atoms with Crippen molar-refractivity contribution in [1.29, 1.82) is 0 Å². The van der Waals surface area contributed by atoms with Gasteiger partial charge in [-0.05, 0) is 31.5 Å². The molecule has 0 radical (unpaired) electrons.